The number of ether oxygens (including phenoxy) is 1. The van der Waals surface area contributed by atoms with E-state index >= 15 is 0 Å². The van der Waals surface area contributed by atoms with Crippen molar-refractivity contribution < 1.29 is 14.3 Å². The molecule has 0 aliphatic rings. The average Bonchev–Trinajstić information content (AvgIpc) is 2.14. The minimum Gasteiger partial charge on any atom is -0.467 e. The first kappa shape index (κ1) is 12.9. The highest BCUT2D eigenvalue weighted by atomic mass is 16.5. The molecule has 0 radical (unpaired) electrons. The summed E-state index contributed by atoms with van der Waals surface area (Å²) < 4.78 is 4.56. The summed E-state index contributed by atoms with van der Waals surface area (Å²) in [6, 6.07) is -0.334. The second-order valence-corrected chi connectivity index (χ2v) is 3.62. The van der Waals surface area contributed by atoms with Crippen LogP contribution in [0.2, 0.25) is 0 Å². The summed E-state index contributed by atoms with van der Waals surface area (Å²) in [4.78, 5) is 22.7. The van der Waals surface area contributed by atoms with E-state index in [0.29, 0.717) is 0 Å². The Balaban J connectivity index is 4.36. The quantitative estimate of drug-likeness (QED) is 0.612. The van der Waals surface area contributed by atoms with Crippen LogP contribution in [0.25, 0.3) is 0 Å². The maximum Gasteiger partial charge on any atom is 0.330 e. The van der Waals surface area contributed by atoms with E-state index < -0.39 is 11.5 Å². The fourth-order valence-electron chi connectivity index (χ4n) is 0.854. The molecule has 5 nitrogen and oxygen atoms in total. The minimum absolute atomic E-state index is 0.233. The molecule has 0 aromatic carbocycles. The summed E-state index contributed by atoms with van der Waals surface area (Å²) in [6.45, 7) is 4.90. The van der Waals surface area contributed by atoms with E-state index in [4.69, 9.17) is 0 Å². The Hall–Kier alpha value is -1.10. The van der Waals surface area contributed by atoms with Gasteiger partial charge in [0, 0.05) is 0 Å². The molecule has 1 unspecified atom stereocenters. The smallest absolute Gasteiger partial charge is 0.330 e. The van der Waals surface area contributed by atoms with Gasteiger partial charge in [-0.25, -0.2) is 4.79 Å². The van der Waals surface area contributed by atoms with E-state index in [2.05, 4.69) is 15.4 Å². The van der Waals surface area contributed by atoms with Gasteiger partial charge in [0.2, 0.25) is 5.91 Å². The van der Waals surface area contributed by atoms with Gasteiger partial charge < -0.3 is 15.4 Å². The second kappa shape index (κ2) is 4.95. The molecule has 0 spiro atoms. The van der Waals surface area contributed by atoms with Crippen molar-refractivity contribution in [3.05, 3.63) is 0 Å². The number of carbonyl (C=O) groups is 2. The normalized spacial score (nSPS) is 13.2. The molecule has 0 saturated carbocycles. The average molecular weight is 202 g/mol. The fraction of sp³-hybridized carbons (Fsp3) is 0.778. The number of amides is 1. The van der Waals surface area contributed by atoms with Crippen molar-refractivity contribution >= 4 is 11.9 Å². The van der Waals surface area contributed by atoms with Crippen LogP contribution in [-0.4, -0.2) is 37.6 Å². The van der Waals surface area contributed by atoms with E-state index in [1.807, 2.05) is 0 Å². The van der Waals surface area contributed by atoms with Gasteiger partial charge in [-0.1, -0.05) is 0 Å². The lowest BCUT2D eigenvalue weighted by Crippen LogP contribution is -2.54. The number of rotatable bonds is 4. The second-order valence-electron chi connectivity index (χ2n) is 3.62. The van der Waals surface area contributed by atoms with Crippen LogP contribution in [0.1, 0.15) is 20.8 Å². The summed E-state index contributed by atoms with van der Waals surface area (Å²) in [5.41, 5.74) is -0.989. The molecule has 0 bridgehead atoms. The fourth-order valence-corrected chi connectivity index (χ4v) is 0.854. The molecule has 82 valence electrons. The molecular weight excluding hydrogens is 184 g/mol. The van der Waals surface area contributed by atoms with Crippen LogP contribution in [0, 0.1) is 0 Å². The molecule has 0 aliphatic carbocycles. The number of nitrogens with one attached hydrogen (secondary N) is 2. The molecule has 0 heterocycles. The van der Waals surface area contributed by atoms with Crippen molar-refractivity contribution in [3.63, 3.8) is 0 Å². The minimum atomic E-state index is -0.989. The Kier molecular flexibility index (Phi) is 4.56. The third-order valence-corrected chi connectivity index (χ3v) is 1.96. The third-order valence-electron chi connectivity index (χ3n) is 1.96. The topological polar surface area (TPSA) is 67.4 Å². The molecule has 14 heavy (non-hydrogen) atoms. The van der Waals surface area contributed by atoms with E-state index in [9.17, 15) is 9.59 Å². The van der Waals surface area contributed by atoms with Gasteiger partial charge in [-0.3, -0.25) is 4.79 Å². The summed E-state index contributed by atoms with van der Waals surface area (Å²) in [5, 5.41) is 5.36. The molecular formula is C9H18N2O3. The van der Waals surface area contributed by atoms with Crippen LogP contribution in [0.3, 0.4) is 0 Å². The molecule has 1 amide bonds. The van der Waals surface area contributed by atoms with Crippen molar-refractivity contribution in [1.82, 2.24) is 10.6 Å². The number of esters is 1. The van der Waals surface area contributed by atoms with Gasteiger partial charge in [-0.15, -0.1) is 0 Å². The summed E-state index contributed by atoms with van der Waals surface area (Å²) >= 11 is 0. The Morgan fingerprint density at radius 3 is 2.21 bits per heavy atom. The highest BCUT2D eigenvalue weighted by Gasteiger charge is 2.31. The Labute approximate surface area is 84.2 Å². The molecule has 0 aromatic rings. The molecule has 5 heteroatoms. The zero-order valence-electron chi connectivity index (χ0n) is 9.30. The monoisotopic (exact) mass is 202 g/mol. The van der Waals surface area contributed by atoms with Gasteiger partial charge in [0.15, 0.2) is 0 Å². The van der Waals surface area contributed by atoms with Gasteiger partial charge >= 0.3 is 5.97 Å². The van der Waals surface area contributed by atoms with Crippen LogP contribution >= 0.6 is 0 Å². The molecule has 0 saturated heterocycles. The van der Waals surface area contributed by atoms with E-state index in [0.717, 1.165) is 0 Å². The lowest BCUT2D eigenvalue weighted by atomic mass is 10.1. The maximum absolute atomic E-state index is 11.4. The number of likely N-dealkylation sites (N-methyl/N-ethyl adjacent to an activating group) is 1. The molecule has 1 atom stereocenters. The summed E-state index contributed by atoms with van der Waals surface area (Å²) in [7, 11) is 2.97. The summed E-state index contributed by atoms with van der Waals surface area (Å²) in [6.07, 6.45) is 0. The van der Waals surface area contributed by atoms with Crippen LogP contribution in [-0.2, 0) is 14.3 Å². The molecule has 0 aromatic heterocycles. The Morgan fingerprint density at radius 1 is 1.36 bits per heavy atom. The van der Waals surface area contributed by atoms with E-state index in [-0.39, 0.29) is 11.9 Å². The number of methoxy groups -OCH3 is 1. The number of carbonyl (C=O) groups excluding carboxylic acids is 2. The predicted octanol–water partition coefficient (Wildman–Crippen LogP) is -0.338. The van der Waals surface area contributed by atoms with Gasteiger partial charge in [0.25, 0.3) is 0 Å². The van der Waals surface area contributed by atoms with Crippen LogP contribution < -0.4 is 10.6 Å². The van der Waals surface area contributed by atoms with Crippen molar-refractivity contribution in [1.29, 1.82) is 0 Å². The SMILES string of the molecule is CNC(C)C(=O)NC(C)(C)C(=O)OC. The lowest BCUT2D eigenvalue weighted by Gasteiger charge is -2.24. The van der Waals surface area contributed by atoms with Gasteiger partial charge in [-0.2, -0.15) is 0 Å². The van der Waals surface area contributed by atoms with Crippen molar-refractivity contribution in [2.45, 2.75) is 32.4 Å². The summed E-state index contributed by atoms with van der Waals surface area (Å²) in [5.74, 6) is -0.697. The third kappa shape index (κ3) is 3.33. The standard InChI is InChI=1S/C9H18N2O3/c1-6(10-4)7(12)11-9(2,3)8(13)14-5/h6,10H,1-5H3,(H,11,12). The molecule has 0 fully saturated rings. The number of hydrogen-bond acceptors (Lipinski definition) is 4. The predicted molar refractivity (Wildman–Crippen MR) is 52.8 cm³/mol. The first-order chi connectivity index (χ1) is 6.35. The Morgan fingerprint density at radius 2 is 1.86 bits per heavy atom. The van der Waals surface area contributed by atoms with Crippen LogP contribution in [0.15, 0.2) is 0 Å². The molecule has 2 N–H and O–H groups in total. The molecule has 0 rings (SSSR count). The van der Waals surface area contributed by atoms with Crippen LogP contribution in [0.5, 0.6) is 0 Å². The zero-order valence-corrected chi connectivity index (χ0v) is 9.30. The van der Waals surface area contributed by atoms with Crippen molar-refractivity contribution in [2.75, 3.05) is 14.2 Å². The largest absolute Gasteiger partial charge is 0.467 e. The highest BCUT2D eigenvalue weighted by molar-refractivity contribution is 5.89. The van der Waals surface area contributed by atoms with Gasteiger partial charge in [0.05, 0.1) is 13.2 Å². The zero-order chi connectivity index (χ0) is 11.4. The van der Waals surface area contributed by atoms with Gasteiger partial charge in [0.1, 0.15) is 5.54 Å². The van der Waals surface area contributed by atoms with E-state index in [1.165, 1.54) is 7.11 Å². The van der Waals surface area contributed by atoms with Gasteiger partial charge in [-0.05, 0) is 27.8 Å². The van der Waals surface area contributed by atoms with E-state index in [1.54, 1.807) is 27.8 Å². The van der Waals surface area contributed by atoms with Crippen molar-refractivity contribution in [2.24, 2.45) is 0 Å². The first-order valence-corrected chi connectivity index (χ1v) is 4.43. The van der Waals surface area contributed by atoms with Crippen LogP contribution in [0.4, 0.5) is 0 Å². The Bertz CT molecular complexity index is 226. The highest BCUT2D eigenvalue weighted by Crippen LogP contribution is 2.04. The maximum atomic E-state index is 11.4. The number of hydrogen-bond donors (Lipinski definition) is 2. The van der Waals surface area contributed by atoms with Crippen molar-refractivity contribution in [3.8, 4) is 0 Å². The lowest BCUT2D eigenvalue weighted by molar-refractivity contribution is -0.149. The first-order valence-electron chi connectivity index (χ1n) is 4.43. The molecule has 0 aliphatic heterocycles.